The van der Waals surface area contributed by atoms with Gasteiger partial charge in [0.2, 0.25) is 0 Å². The number of hydrogen-bond donors (Lipinski definition) is 0. The van der Waals surface area contributed by atoms with Crippen LogP contribution in [0.4, 0.5) is 0 Å². The largest absolute Gasteiger partial charge is 0.545 e. The first kappa shape index (κ1) is 24.2. The molecule has 0 aliphatic rings. The van der Waals surface area contributed by atoms with Crippen LogP contribution in [0, 0.1) is 0 Å². The molecule has 8 nitrogen and oxygen atoms in total. The van der Waals surface area contributed by atoms with Gasteiger partial charge in [0.15, 0.2) is 0 Å². The maximum Gasteiger partial charge on any atom is 0.0715 e. The predicted molar refractivity (Wildman–Crippen MR) is 130 cm³/mol. The summed E-state index contributed by atoms with van der Waals surface area (Å²) in [5.41, 5.74) is 0.202. The molecule has 38 heavy (non-hydrogen) atoms. The van der Waals surface area contributed by atoms with Crippen molar-refractivity contribution in [3.8, 4) is 22.3 Å². The Kier molecular flexibility index (Phi) is 5.85. The molecule has 0 fully saturated rings. The maximum atomic E-state index is 11.7. The van der Waals surface area contributed by atoms with Crippen LogP contribution in [0.25, 0.3) is 43.8 Å². The Bertz CT molecular complexity index is 1580. The van der Waals surface area contributed by atoms with Gasteiger partial charge in [-0.2, -0.15) is 0 Å². The summed E-state index contributed by atoms with van der Waals surface area (Å²) in [6, 6.07) is 21.0. The van der Waals surface area contributed by atoms with Gasteiger partial charge in [-0.1, -0.05) is 48.5 Å². The van der Waals surface area contributed by atoms with Gasteiger partial charge in [0.1, 0.15) is 0 Å². The first-order valence-electron chi connectivity index (χ1n) is 11.3. The first-order valence-corrected chi connectivity index (χ1v) is 11.3. The van der Waals surface area contributed by atoms with Crippen LogP contribution >= 0.6 is 0 Å². The van der Waals surface area contributed by atoms with Crippen molar-refractivity contribution in [1.29, 1.82) is 0 Å². The lowest BCUT2D eigenvalue weighted by molar-refractivity contribution is -0.257. The summed E-state index contributed by atoms with van der Waals surface area (Å²) in [7, 11) is 0. The average molecular weight is 502 g/mol. The molecule has 0 spiro atoms. The van der Waals surface area contributed by atoms with E-state index in [1.54, 1.807) is 48.5 Å². The Morgan fingerprint density at radius 2 is 0.632 bits per heavy atom. The van der Waals surface area contributed by atoms with E-state index in [0.29, 0.717) is 32.7 Å². The van der Waals surface area contributed by atoms with Crippen LogP contribution in [-0.2, 0) is 0 Å². The molecule has 186 valence electrons. The fraction of sp³-hybridized carbons (Fsp3) is 0. The Morgan fingerprint density at radius 3 is 0.842 bits per heavy atom. The minimum atomic E-state index is -1.56. The van der Waals surface area contributed by atoms with E-state index >= 15 is 0 Å². The van der Waals surface area contributed by atoms with Gasteiger partial charge in [-0.15, -0.1) is 0 Å². The maximum absolute atomic E-state index is 11.7. The number of rotatable bonds is 6. The molecule has 0 aliphatic carbocycles. The van der Waals surface area contributed by atoms with E-state index in [4.69, 9.17) is 0 Å². The molecule has 0 amide bonds. The van der Waals surface area contributed by atoms with Gasteiger partial charge in [0.25, 0.3) is 0 Å². The third-order valence-corrected chi connectivity index (χ3v) is 6.32. The molecule has 0 atom stereocenters. The number of carboxylic acid groups (broad SMARTS) is 4. The normalized spacial score (nSPS) is 10.9. The Balaban J connectivity index is 1.96. The smallest absolute Gasteiger partial charge is 0.0715 e. The molecule has 0 saturated heterocycles. The second-order valence-electron chi connectivity index (χ2n) is 8.59. The Labute approximate surface area is 214 Å². The molecular formula is C30H14O8-4. The minimum absolute atomic E-state index is 0.281. The minimum Gasteiger partial charge on any atom is -0.545 e. The van der Waals surface area contributed by atoms with Crippen LogP contribution in [0.3, 0.4) is 0 Å². The number of carbonyl (C=O) groups is 4. The molecule has 0 heterocycles. The lowest BCUT2D eigenvalue weighted by Crippen LogP contribution is -2.25. The molecular weight excluding hydrogens is 488 g/mol. The Morgan fingerprint density at radius 1 is 0.395 bits per heavy atom. The predicted octanol–water partition coefficient (Wildman–Crippen LogP) is 0.781. The highest BCUT2D eigenvalue weighted by atomic mass is 16.4. The van der Waals surface area contributed by atoms with Crippen LogP contribution in [0.15, 0.2) is 84.9 Å². The number of benzene rings is 5. The molecule has 5 aromatic carbocycles. The lowest BCUT2D eigenvalue weighted by Gasteiger charge is -2.20. The molecule has 0 aliphatic heterocycles. The molecule has 0 radical (unpaired) electrons. The van der Waals surface area contributed by atoms with Crippen molar-refractivity contribution in [2.75, 3.05) is 0 Å². The third kappa shape index (κ3) is 4.10. The Hall–Kier alpha value is -5.50. The second-order valence-corrected chi connectivity index (χ2v) is 8.59. The number of aromatic carboxylic acids is 4. The van der Waals surface area contributed by atoms with Crippen molar-refractivity contribution in [2.24, 2.45) is 0 Å². The van der Waals surface area contributed by atoms with E-state index in [0.717, 1.165) is 12.1 Å². The quantitative estimate of drug-likeness (QED) is 0.308. The van der Waals surface area contributed by atoms with Crippen molar-refractivity contribution in [3.63, 3.8) is 0 Å². The molecule has 0 N–H and O–H groups in total. The summed E-state index contributed by atoms with van der Waals surface area (Å²) < 4.78 is 0. The van der Waals surface area contributed by atoms with Crippen molar-refractivity contribution >= 4 is 45.4 Å². The number of carboxylic acids is 4. The SMILES string of the molecule is O=C([O-])c1cc(C(=O)[O-])cc(-c2c3ccccc3c(-c3cc(C(=O)[O-])cc(C(=O)[O-])c3)c3ccccc23)c1. The molecule has 5 aromatic rings. The summed E-state index contributed by atoms with van der Waals surface area (Å²) >= 11 is 0. The average Bonchev–Trinajstić information content (AvgIpc) is 2.90. The standard InChI is InChI=1S/C30H18O8/c31-27(32)17-9-15(10-18(13-17)28(33)34)25-21-5-1-2-6-22(21)26(24-8-4-3-7-23(24)25)16-11-19(29(35)36)14-20(12-16)30(37)38/h1-14H,(H,31,32)(H,33,34)(H,35,36)(H,37,38)/p-4. The van der Waals surface area contributed by atoms with E-state index in [9.17, 15) is 39.6 Å². The van der Waals surface area contributed by atoms with Crippen LogP contribution in [-0.4, -0.2) is 23.9 Å². The van der Waals surface area contributed by atoms with E-state index in [1.807, 2.05) is 0 Å². The van der Waals surface area contributed by atoms with Gasteiger partial charge in [0.05, 0.1) is 23.9 Å². The zero-order chi connectivity index (χ0) is 27.1. The molecule has 0 saturated carbocycles. The van der Waals surface area contributed by atoms with Crippen molar-refractivity contribution in [1.82, 2.24) is 0 Å². The highest BCUT2D eigenvalue weighted by Gasteiger charge is 2.18. The molecule has 0 aromatic heterocycles. The van der Waals surface area contributed by atoms with Gasteiger partial charge in [0, 0.05) is 0 Å². The zero-order valence-corrected chi connectivity index (χ0v) is 19.3. The summed E-state index contributed by atoms with van der Waals surface area (Å²) in [6.45, 7) is 0. The van der Waals surface area contributed by atoms with E-state index in [2.05, 4.69) is 0 Å². The summed E-state index contributed by atoms with van der Waals surface area (Å²) in [5, 5.41) is 49.0. The van der Waals surface area contributed by atoms with Crippen molar-refractivity contribution in [3.05, 3.63) is 107 Å². The van der Waals surface area contributed by atoms with Crippen LogP contribution in [0.1, 0.15) is 41.4 Å². The highest BCUT2D eigenvalue weighted by Crippen LogP contribution is 2.44. The molecule has 5 rings (SSSR count). The van der Waals surface area contributed by atoms with E-state index < -0.39 is 23.9 Å². The number of carbonyl (C=O) groups excluding carboxylic acids is 4. The van der Waals surface area contributed by atoms with Gasteiger partial charge in [-0.25, -0.2) is 0 Å². The van der Waals surface area contributed by atoms with Crippen LogP contribution in [0.2, 0.25) is 0 Å². The van der Waals surface area contributed by atoms with Gasteiger partial charge in [-0.3, -0.25) is 0 Å². The molecule has 8 heteroatoms. The topological polar surface area (TPSA) is 161 Å². The highest BCUT2D eigenvalue weighted by molar-refractivity contribution is 6.22. The van der Waals surface area contributed by atoms with Crippen molar-refractivity contribution in [2.45, 2.75) is 0 Å². The number of hydrogen-bond acceptors (Lipinski definition) is 8. The third-order valence-electron chi connectivity index (χ3n) is 6.32. The summed E-state index contributed by atoms with van der Waals surface area (Å²) in [6.07, 6.45) is 0. The first-order chi connectivity index (χ1) is 18.2. The van der Waals surface area contributed by atoms with Crippen LogP contribution in [0.5, 0.6) is 0 Å². The molecule has 0 unspecified atom stereocenters. The monoisotopic (exact) mass is 502 g/mol. The van der Waals surface area contributed by atoms with Gasteiger partial charge >= 0.3 is 0 Å². The second kappa shape index (κ2) is 9.18. The lowest BCUT2D eigenvalue weighted by atomic mass is 9.84. The zero-order valence-electron chi connectivity index (χ0n) is 19.3. The van der Waals surface area contributed by atoms with Crippen LogP contribution < -0.4 is 20.4 Å². The fourth-order valence-electron chi connectivity index (χ4n) is 4.77. The summed E-state index contributed by atoms with van der Waals surface area (Å²) in [4.78, 5) is 46.7. The molecule has 0 bridgehead atoms. The summed E-state index contributed by atoms with van der Waals surface area (Å²) in [5.74, 6) is -6.25. The van der Waals surface area contributed by atoms with Gasteiger partial charge in [-0.05, 0) is 102 Å². The fourth-order valence-corrected chi connectivity index (χ4v) is 4.77. The van der Waals surface area contributed by atoms with Crippen molar-refractivity contribution < 1.29 is 39.6 Å². The number of fused-ring (bicyclic) bond motifs is 2. The van der Waals surface area contributed by atoms with E-state index in [1.165, 1.54) is 24.3 Å². The van der Waals surface area contributed by atoms with Gasteiger partial charge < -0.3 is 39.6 Å². The van der Waals surface area contributed by atoms with E-state index in [-0.39, 0.29) is 33.4 Å².